The van der Waals surface area contributed by atoms with Gasteiger partial charge in [-0.1, -0.05) is 6.07 Å². The average Bonchev–Trinajstić information content (AvgIpc) is 3.36. The van der Waals surface area contributed by atoms with E-state index in [9.17, 15) is 4.79 Å². The number of carbonyl (C=O) groups is 1. The van der Waals surface area contributed by atoms with E-state index in [0.29, 0.717) is 17.1 Å². The van der Waals surface area contributed by atoms with Crippen LogP contribution in [0.5, 0.6) is 5.88 Å². The number of aromatic amines is 1. The lowest BCUT2D eigenvalue weighted by atomic mass is 10.0. The number of benzene rings is 1. The van der Waals surface area contributed by atoms with E-state index in [0.717, 1.165) is 65.1 Å². The second-order valence-electron chi connectivity index (χ2n) is 8.53. The van der Waals surface area contributed by atoms with Crippen LogP contribution in [0.15, 0.2) is 61.3 Å². The number of hydrogen-bond acceptors (Lipinski definition) is 8. The van der Waals surface area contributed by atoms with E-state index in [1.165, 1.54) is 6.33 Å². The van der Waals surface area contributed by atoms with Crippen LogP contribution in [0.2, 0.25) is 0 Å². The number of carbonyl (C=O) groups excluding carboxylic acids is 1. The van der Waals surface area contributed by atoms with Crippen LogP contribution >= 0.6 is 0 Å². The summed E-state index contributed by atoms with van der Waals surface area (Å²) in [5, 5.41) is 8.02. The molecule has 0 spiro atoms. The molecule has 5 heterocycles. The molecule has 36 heavy (non-hydrogen) atoms. The summed E-state index contributed by atoms with van der Waals surface area (Å²) in [4.78, 5) is 35.9. The summed E-state index contributed by atoms with van der Waals surface area (Å²) in [5.74, 6) is 1.12. The molecule has 180 valence electrons. The molecule has 1 saturated heterocycles. The summed E-state index contributed by atoms with van der Waals surface area (Å²) in [6.07, 6.45) is 6.72. The van der Waals surface area contributed by atoms with Crippen molar-refractivity contribution in [2.24, 2.45) is 0 Å². The Labute approximate surface area is 206 Å². The molecule has 6 rings (SSSR count). The zero-order valence-electron chi connectivity index (χ0n) is 19.7. The third-order valence-corrected chi connectivity index (χ3v) is 6.34. The lowest BCUT2D eigenvalue weighted by molar-refractivity contribution is 0.102. The summed E-state index contributed by atoms with van der Waals surface area (Å²) >= 11 is 0. The molecular weight excluding hydrogens is 456 g/mol. The minimum Gasteiger partial charge on any atom is -0.480 e. The van der Waals surface area contributed by atoms with Crippen LogP contribution in [-0.2, 0) is 0 Å². The standard InChI is InChI=1S/C26H24N8O2/c1-36-26-20-10-16(2-3-22(20)31-15-32-26)21-14-30-24-19(21)12-18(13-29-24)33-25(35)17-4-5-28-23(11-17)34-8-6-27-7-9-34/h2-5,10-15,27H,6-9H2,1H3,(H,29,30)(H,33,35). The van der Waals surface area contributed by atoms with Crippen LogP contribution in [0.4, 0.5) is 11.5 Å². The molecule has 0 saturated carbocycles. The second kappa shape index (κ2) is 9.23. The van der Waals surface area contributed by atoms with Crippen LogP contribution in [0.3, 0.4) is 0 Å². The van der Waals surface area contributed by atoms with E-state index in [2.05, 4.69) is 40.5 Å². The lowest BCUT2D eigenvalue weighted by Gasteiger charge is -2.28. The van der Waals surface area contributed by atoms with Gasteiger partial charge in [-0.25, -0.2) is 19.9 Å². The van der Waals surface area contributed by atoms with Gasteiger partial charge in [0, 0.05) is 55.1 Å². The first-order valence-corrected chi connectivity index (χ1v) is 11.7. The molecule has 10 nitrogen and oxygen atoms in total. The van der Waals surface area contributed by atoms with E-state index in [-0.39, 0.29) is 5.91 Å². The minimum atomic E-state index is -0.209. The maximum absolute atomic E-state index is 13.1. The summed E-state index contributed by atoms with van der Waals surface area (Å²) < 4.78 is 5.41. The van der Waals surface area contributed by atoms with Crippen molar-refractivity contribution in [1.82, 2.24) is 30.2 Å². The Kier molecular flexibility index (Phi) is 5.62. The van der Waals surface area contributed by atoms with Crippen molar-refractivity contribution in [2.45, 2.75) is 0 Å². The van der Waals surface area contributed by atoms with Crippen LogP contribution in [0.25, 0.3) is 33.1 Å². The smallest absolute Gasteiger partial charge is 0.255 e. The van der Waals surface area contributed by atoms with Gasteiger partial charge in [-0.3, -0.25) is 4.79 Å². The fourth-order valence-electron chi connectivity index (χ4n) is 4.50. The van der Waals surface area contributed by atoms with Crippen LogP contribution < -0.4 is 20.3 Å². The molecule has 0 unspecified atom stereocenters. The molecule has 0 atom stereocenters. The summed E-state index contributed by atoms with van der Waals surface area (Å²) in [5.41, 5.74) is 4.59. The van der Waals surface area contributed by atoms with E-state index < -0.39 is 0 Å². The van der Waals surface area contributed by atoms with E-state index in [4.69, 9.17) is 4.74 Å². The van der Waals surface area contributed by atoms with Crippen molar-refractivity contribution in [2.75, 3.05) is 43.5 Å². The summed E-state index contributed by atoms with van der Waals surface area (Å²) in [7, 11) is 1.59. The van der Waals surface area contributed by atoms with Gasteiger partial charge in [-0.05, 0) is 35.9 Å². The Hall–Kier alpha value is -4.57. The SMILES string of the molecule is COc1ncnc2ccc(-c3c[nH]c4ncc(NC(=O)c5ccnc(N6CCNCC6)c5)cc34)cc12. The van der Waals surface area contributed by atoms with Gasteiger partial charge < -0.3 is 25.3 Å². The van der Waals surface area contributed by atoms with Gasteiger partial charge >= 0.3 is 0 Å². The number of pyridine rings is 2. The third-order valence-electron chi connectivity index (χ3n) is 6.34. The van der Waals surface area contributed by atoms with Gasteiger partial charge in [0.05, 0.1) is 29.9 Å². The number of H-pyrrole nitrogens is 1. The van der Waals surface area contributed by atoms with Crippen LogP contribution in [0, 0.1) is 0 Å². The topological polar surface area (TPSA) is 121 Å². The molecule has 3 N–H and O–H groups in total. The van der Waals surface area contributed by atoms with Gasteiger partial charge in [-0.2, -0.15) is 0 Å². The highest BCUT2D eigenvalue weighted by molar-refractivity contribution is 6.06. The second-order valence-corrected chi connectivity index (χ2v) is 8.53. The van der Waals surface area contributed by atoms with Gasteiger partial charge in [0.15, 0.2) is 0 Å². The number of nitrogens with one attached hydrogen (secondary N) is 3. The molecule has 1 fully saturated rings. The van der Waals surface area contributed by atoms with Gasteiger partial charge in [-0.15, -0.1) is 0 Å². The van der Waals surface area contributed by atoms with Crippen molar-refractivity contribution < 1.29 is 9.53 Å². The van der Waals surface area contributed by atoms with Gasteiger partial charge in [0.2, 0.25) is 5.88 Å². The lowest BCUT2D eigenvalue weighted by Crippen LogP contribution is -2.43. The Morgan fingerprint density at radius 1 is 1.03 bits per heavy atom. The maximum Gasteiger partial charge on any atom is 0.255 e. The molecule has 1 aliphatic heterocycles. The first kappa shape index (κ1) is 21.9. The number of fused-ring (bicyclic) bond motifs is 2. The van der Waals surface area contributed by atoms with Crippen molar-refractivity contribution >= 4 is 39.3 Å². The third kappa shape index (κ3) is 4.07. The highest BCUT2D eigenvalue weighted by Gasteiger charge is 2.16. The molecule has 4 aromatic heterocycles. The summed E-state index contributed by atoms with van der Waals surface area (Å²) in [6, 6.07) is 11.4. The van der Waals surface area contributed by atoms with E-state index in [1.54, 1.807) is 25.6 Å². The first-order chi connectivity index (χ1) is 17.7. The number of aromatic nitrogens is 5. The molecule has 0 radical (unpaired) electrons. The monoisotopic (exact) mass is 480 g/mol. The van der Waals surface area contributed by atoms with Crippen LogP contribution in [-0.4, -0.2) is 64.1 Å². The van der Waals surface area contributed by atoms with E-state index in [1.807, 2.05) is 36.5 Å². The fraction of sp³-hybridized carbons (Fsp3) is 0.192. The number of ether oxygens (including phenoxy) is 1. The number of rotatable bonds is 5. The Bertz CT molecular complexity index is 1580. The number of anilines is 2. The Morgan fingerprint density at radius 3 is 2.78 bits per heavy atom. The number of amides is 1. The average molecular weight is 481 g/mol. The maximum atomic E-state index is 13.1. The van der Waals surface area contributed by atoms with Crippen molar-refractivity contribution in [1.29, 1.82) is 0 Å². The Morgan fingerprint density at radius 2 is 1.92 bits per heavy atom. The predicted molar refractivity (Wildman–Crippen MR) is 138 cm³/mol. The normalized spacial score (nSPS) is 13.8. The van der Waals surface area contributed by atoms with Crippen molar-refractivity contribution in [3.8, 4) is 17.0 Å². The number of piperazine rings is 1. The number of hydrogen-bond donors (Lipinski definition) is 3. The predicted octanol–water partition coefficient (Wildman–Crippen LogP) is 3.24. The highest BCUT2D eigenvalue weighted by atomic mass is 16.5. The number of nitrogens with zero attached hydrogens (tertiary/aromatic N) is 5. The van der Waals surface area contributed by atoms with Crippen molar-refractivity contribution in [3.63, 3.8) is 0 Å². The van der Waals surface area contributed by atoms with Crippen LogP contribution in [0.1, 0.15) is 10.4 Å². The van der Waals surface area contributed by atoms with Gasteiger partial charge in [0.25, 0.3) is 5.91 Å². The molecule has 1 amide bonds. The molecule has 1 aliphatic rings. The molecular formula is C26H24N8O2. The largest absolute Gasteiger partial charge is 0.480 e. The minimum absolute atomic E-state index is 0.209. The highest BCUT2D eigenvalue weighted by Crippen LogP contribution is 2.33. The summed E-state index contributed by atoms with van der Waals surface area (Å²) in [6.45, 7) is 3.53. The van der Waals surface area contributed by atoms with Crippen molar-refractivity contribution in [3.05, 3.63) is 66.9 Å². The number of methoxy groups -OCH3 is 1. The Balaban J connectivity index is 1.30. The molecule has 5 aromatic rings. The quantitative estimate of drug-likeness (QED) is 0.351. The molecule has 0 bridgehead atoms. The molecule has 10 heteroatoms. The van der Waals surface area contributed by atoms with Gasteiger partial charge in [0.1, 0.15) is 17.8 Å². The fourth-order valence-corrected chi connectivity index (χ4v) is 4.50. The molecule has 0 aliphatic carbocycles. The molecule has 1 aromatic carbocycles. The first-order valence-electron chi connectivity index (χ1n) is 11.7. The van der Waals surface area contributed by atoms with E-state index >= 15 is 0 Å². The zero-order valence-corrected chi connectivity index (χ0v) is 19.7. The zero-order chi connectivity index (χ0) is 24.5.